The summed E-state index contributed by atoms with van der Waals surface area (Å²) in [5.41, 5.74) is 1.02. The van der Waals surface area contributed by atoms with Crippen molar-refractivity contribution in [3.63, 3.8) is 0 Å². The number of aliphatic carboxylic acids is 2. The number of nitrogens with one attached hydrogen (secondary N) is 1. The number of methoxy groups -OCH3 is 2. The van der Waals surface area contributed by atoms with Gasteiger partial charge in [-0.2, -0.15) is 0 Å². The first-order valence-electron chi connectivity index (χ1n) is 31.3. The molecule has 12 N–H and O–H groups in total. The van der Waals surface area contributed by atoms with Crippen LogP contribution in [0.5, 0.6) is 34.5 Å². The van der Waals surface area contributed by atoms with Crippen molar-refractivity contribution in [1.82, 2.24) is 15.1 Å². The van der Waals surface area contributed by atoms with Crippen molar-refractivity contribution < 1.29 is 132 Å². The quantitative estimate of drug-likeness (QED) is 0.0303. The van der Waals surface area contributed by atoms with Crippen LogP contribution in [0.2, 0.25) is 0 Å². The number of carboxylic acids is 2. The van der Waals surface area contributed by atoms with Gasteiger partial charge in [-0.25, -0.2) is 29.0 Å². The number of hydrogen-bond acceptors (Lipinski definition) is 26. The first-order chi connectivity index (χ1) is 46.5. The van der Waals surface area contributed by atoms with Crippen LogP contribution >= 0.6 is 0 Å². The smallest absolute Gasteiger partial charge is 0.416 e. The van der Waals surface area contributed by atoms with Crippen LogP contribution in [-0.4, -0.2) is 234 Å². The molecule has 0 spiro atoms. The van der Waals surface area contributed by atoms with Crippen molar-refractivity contribution in [3.05, 3.63) is 119 Å². The van der Waals surface area contributed by atoms with Gasteiger partial charge in [0.2, 0.25) is 12.6 Å². The Morgan fingerprint density at radius 3 is 1.45 bits per heavy atom. The topological polar surface area (TPSA) is 442 Å². The molecule has 4 amide bonds. The predicted molar refractivity (Wildman–Crippen MR) is 336 cm³/mol. The highest BCUT2D eigenvalue weighted by Gasteiger charge is 2.52. The molecular weight excluding hydrogens is 1290 g/mol. The highest BCUT2D eigenvalue weighted by molar-refractivity contribution is 6.07. The fraction of sp³-hybridized carbons (Fsp3) is 0.485. The van der Waals surface area contributed by atoms with Crippen molar-refractivity contribution in [2.24, 2.45) is 0 Å². The standard InChI is InChI=1S/C66H79N5O27/c1-30-19-40-58(81)70(64(87)93-28-32-11-14-34(15-12-32)95-62-51(76)47(72)49(74)53(97-62)60(83)84)38-24-45(43(89-6)22-35(38)56(79)68(40)26-30)91-17-9-8-10-18-92-46-25-39-36(23-44(46)90-7)57(80)69-27-31(2)20-41(69)59(82)71(39)65(88)94-29-33-13-16-42(37(21-33)55(78)67-66(3,4)5)96-63-52(77)48(73)50(75)54(98-63)61(85)86/h11-16,21-25,40-41,47-55,58-59,62-63,67,72-78,81-82H,1-2,8-10,17-20,26-29H2,3-7H3,(H,83,84)(H,85,86)/t40-,41-,47-,48-,49-,50-,51+,52+,53-,54-,55?,58?,59?,62+,63+/m0/s1. The van der Waals surface area contributed by atoms with E-state index in [1.165, 1.54) is 90.7 Å². The lowest BCUT2D eigenvalue weighted by Crippen LogP contribution is -2.61. The predicted octanol–water partition coefficient (Wildman–Crippen LogP) is 1.74. The Labute approximate surface area is 560 Å². The Hall–Kier alpha value is -8.90. The molecule has 0 saturated carbocycles. The lowest BCUT2D eigenvalue weighted by Gasteiger charge is -2.39. The van der Waals surface area contributed by atoms with E-state index < -0.39 is 140 Å². The average molecular weight is 1370 g/mol. The second kappa shape index (κ2) is 29.7. The molecule has 98 heavy (non-hydrogen) atoms. The number of aliphatic hydroxyl groups is 9. The van der Waals surface area contributed by atoms with Crippen LogP contribution in [0.1, 0.15) is 96.5 Å². The monoisotopic (exact) mass is 1370 g/mol. The maximum Gasteiger partial charge on any atom is 0.416 e. The van der Waals surface area contributed by atoms with Gasteiger partial charge < -0.3 is 113 Å². The second-order valence-corrected chi connectivity index (χ2v) is 25.4. The molecular formula is C66H79N5O27. The van der Waals surface area contributed by atoms with Crippen LogP contribution in [0, 0.1) is 0 Å². The van der Waals surface area contributed by atoms with Crippen LogP contribution in [0.15, 0.2) is 91.0 Å². The Kier molecular flexibility index (Phi) is 21.8. The highest BCUT2D eigenvalue weighted by atomic mass is 16.7. The lowest BCUT2D eigenvalue weighted by atomic mass is 9.99. The fourth-order valence-electron chi connectivity index (χ4n) is 12.3. The summed E-state index contributed by atoms with van der Waals surface area (Å²) in [5.74, 6) is -3.94. The normalized spacial score (nSPS) is 27.2. The molecule has 0 aliphatic carbocycles. The third-order valence-corrected chi connectivity index (χ3v) is 17.3. The van der Waals surface area contributed by atoms with E-state index in [0.717, 1.165) is 9.80 Å². The van der Waals surface area contributed by atoms with Crippen LogP contribution in [0.25, 0.3) is 0 Å². The van der Waals surface area contributed by atoms with Crippen molar-refractivity contribution in [2.45, 2.75) is 164 Å². The number of aliphatic hydroxyl groups excluding tert-OH is 9. The Bertz CT molecular complexity index is 3680. The molecule has 6 heterocycles. The van der Waals surface area contributed by atoms with Crippen molar-refractivity contribution in [1.29, 1.82) is 0 Å². The number of amides is 4. The largest absolute Gasteiger partial charge is 0.493 e. The van der Waals surface area contributed by atoms with Gasteiger partial charge >= 0.3 is 24.1 Å². The number of hydrogen-bond donors (Lipinski definition) is 12. The third kappa shape index (κ3) is 15.1. The van der Waals surface area contributed by atoms with Gasteiger partial charge in [0, 0.05) is 36.3 Å². The Balaban J connectivity index is 0.805. The molecule has 10 rings (SSSR count). The lowest BCUT2D eigenvalue weighted by molar-refractivity contribution is -0.271. The minimum absolute atomic E-state index is 0.00469. The third-order valence-electron chi connectivity index (χ3n) is 17.3. The van der Waals surface area contributed by atoms with Crippen molar-refractivity contribution in [2.75, 3.05) is 50.3 Å². The molecule has 15 atom stereocenters. The maximum absolute atomic E-state index is 14.5. The average Bonchev–Trinajstić information content (AvgIpc) is 1.62. The summed E-state index contributed by atoms with van der Waals surface area (Å²) >= 11 is 0. The number of carbonyl (C=O) groups excluding carboxylic acids is 4. The van der Waals surface area contributed by atoms with E-state index in [9.17, 15) is 84.9 Å². The zero-order chi connectivity index (χ0) is 70.9. The number of benzene rings is 4. The van der Waals surface area contributed by atoms with E-state index in [1.54, 1.807) is 20.8 Å². The summed E-state index contributed by atoms with van der Waals surface area (Å²) in [5, 5.41) is 120. The number of anilines is 2. The molecule has 0 radical (unpaired) electrons. The maximum atomic E-state index is 14.5. The zero-order valence-corrected chi connectivity index (χ0v) is 53.9. The molecule has 3 unspecified atom stereocenters. The van der Waals surface area contributed by atoms with E-state index in [-0.39, 0.29) is 114 Å². The van der Waals surface area contributed by atoms with Crippen LogP contribution in [0.3, 0.4) is 0 Å². The van der Waals surface area contributed by atoms with Gasteiger partial charge in [0.05, 0.1) is 62.0 Å². The summed E-state index contributed by atoms with van der Waals surface area (Å²) in [4.78, 5) is 85.5. The van der Waals surface area contributed by atoms with Gasteiger partial charge in [-0.1, -0.05) is 42.5 Å². The van der Waals surface area contributed by atoms with Gasteiger partial charge in [0.1, 0.15) is 67.6 Å². The molecule has 530 valence electrons. The first-order valence-corrected chi connectivity index (χ1v) is 31.3. The zero-order valence-electron chi connectivity index (χ0n) is 53.9. The molecule has 4 aromatic carbocycles. The molecule has 4 fully saturated rings. The van der Waals surface area contributed by atoms with Crippen molar-refractivity contribution in [3.8, 4) is 34.5 Å². The van der Waals surface area contributed by atoms with Gasteiger partial charge in [-0.15, -0.1) is 0 Å². The van der Waals surface area contributed by atoms with E-state index in [0.29, 0.717) is 36.0 Å². The van der Waals surface area contributed by atoms with Gasteiger partial charge in [0.15, 0.2) is 47.7 Å². The SMILES string of the molecule is C=C1C[C@H]2C(O)N(C(=O)OCc3ccc(O[C@@H]4O[C@H](C(=O)O)[C@@H](O)[C@H](O)[C@H]4O)cc3)c3cc(OCCCCCOc4cc5c(cc4OC)C(=O)N4CC(=C)C[C@H]4C(O)N5C(=O)OCc4ccc(O[C@@H]5O[C@H](C(=O)O)[C@@H](O)[C@H](O)[C@H]5O)c(C(O)NC(C)(C)C)c4)c(OC)cc3C(=O)N2C1. The summed E-state index contributed by atoms with van der Waals surface area (Å²) in [7, 11) is 2.73. The molecule has 32 nitrogen and oxygen atoms in total. The van der Waals surface area contributed by atoms with E-state index in [2.05, 4.69) is 18.5 Å². The number of ether oxygens (including phenoxy) is 10. The molecule has 4 saturated heterocycles. The minimum Gasteiger partial charge on any atom is -0.493 e. The van der Waals surface area contributed by atoms with Crippen LogP contribution < -0.4 is 43.5 Å². The summed E-state index contributed by atoms with van der Waals surface area (Å²) < 4.78 is 57.3. The van der Waals surface area contributed by atoms with Crippen LogP contribution in [0.4, 0.5) is 21.0 Å². The number of nitrogens with zero attached hydrogens (tertiary/aromatic N) is 4. The Morgan fingerprint density at radius 1 is 0.571 bits per heavy atom. The highest BCUT2D eigenvalue weighted by Crippen LogP contribution is 2.45. The van der Waals surface area contributed by atoms with E-state index >= 15 is 0 Å². The van der Waals surface area contributed by atoms with Crippen molar-refractivity contribution >= 4 is 47.3 Å². The van der Waals surface area contributed by atoms with Crippen LogP contribution in [-0.2, 0) is 41.8 Å². The summed E-state index contributed by atoms with van der Waals surface area (Å²) in [6, 6.07) is 13.6. The molecule has 0 bridgehead atoms. The molecule has 4 aromatic rings. The molecule has 32 heteroatoms. The number of unbranched alkanes of at least 4 members (excludes halogenated alkanes) is 2. The molecule has 6 aliphatic rings. The number of carboxylic acid groups (broad SMARTS) is 2. The van der Waals surface area contributed by atoms with Gasteiger partial charge in [-0.3, -0.25) is 14.9 Å². The molecule has 0 aromatic heterocycles. The Morgan fingerprint density at radius 2 is 1.01 bits per heavy atom. The van der Waals surface area contributed by atoms with E-state index in [1.807, 2.05) is 0 Å². The fourth-order valence-corrected chi connectivity index (χ4v) is 12.3. The summed E-state index contributed by atoms with van der Waals surface area (Å²) in [6.45, 7) is 12.8. The first kappa shape index (κ1) is 71.9. The van der Waals surface area contributed by atoms with Gasteiger partial charge in [-0.05, 0) is 100 Å². The number of carbonyl (C=O) groups is 6. The second-order valence-electron chi connectivity index (χ2n) is 25.4. The number of rotatable bonds is 22. The number of fused-ring (bicyclic) bond motifs is 4. The minimum atomic E-state index is -2.00. The molecule has 6 aliphatic heterocycles. The van der Waals surface area contributed by atoms with Gasteiger partial charge in [0.25, 0.3) is 11.8 Å². The summed E-state index contributed by atoms with van der Waals surface area (Å²) in [6.07, 6.45) is -24.3. The van der Waals surface area contributed by atoms with E-state index in [4.69, 9.17) is 47.4 Å².